The average molecular weight is 865 g/mol. The van der Waals surface area contributed by atoms with Crippen LogP contribution >= 0.6 is 0 Å². The molecule has 334 valence electrons. The van der Waals surface area contributed by atoms with Crippen LogP contribution in [-0.2, 0) is 30.4 Å². The SMILES string of the molecule is CC[C@H]1CC[C@@H](c2nc3c(ccc4cc5c(cc43)OCc3cc(-c4cnc([C@@H]6CC[C@H](C)N6C(=O)[C@H]([C@@H](C)OC)N(C)C(=O)O)[nH]4)ccc3-5)[nH]2)N1C(=O)[C@@H](NC(=O)OC)C(C)OC. The normalized spacial score (nSPS) is 21.3. The number of alkyl carbamates (subject to hydrolysis) is 1. The predicted molar refractivity (Wildman–Crippen MR) is 234 cm³/mol. The molecule has 17 nitrogen and oxygen atoms in total. The van der Waals surface area contributed by atoms with Crippen molar-refractivity contribution >= 4 is 45.8 Å². The number of fused-ring (bicyclic) bond motifs is 6. The monoisotopic (exact) mass is 864 g/mol. The molecule has 2 aromatic heterocycles. The molecule has 5 aromatic rings. The lowest BCUT2D eigenvalue weighted by molar-refractivity contribution is -0.143. The lowest BCUT2D eigenvalue weighted by atomic mass is 9.92. The molecule has 0 aliphatic carbocycles. The van der Waals surface area contributed by atoms with Crippen molar-refractivity contribution < 1.29 is 43.2 Å². The molecule has 8 rings (SSSR count). The highest BCUT2D eigenvalue weighted by Crippen LogP contribution is 2.44. The third-order valence-electron chi connectivity index (χ3n) is 13.4. The number of carbonyl (C=O) groups is 4. The molecule has 0 bridgehead atoms. The third kappa shape index (κ3) is 7.81. The maximum Gasteiger partial charge on any atom is 0.407 e. The zero-order valence-corrected chi connectivity index (χ0v) is 36.9. The fourth-order valence-electron chi connectivity index (χ4n) is 9.74. The number of aromatic amines is 2. The summed E-state index contributed by atoms with van der Waals surface area (Å²) in [5.41, 5.74) is 6.36. The van der Waals surface area contributed by atoms with E-state index in [2.05, 4.69) is 46.5 Å². The van der Waals surface area contributed by atoms with Gasteiger partial charge in [-0.3, -0.25) is 14.5 Å². The number of nitrogens with zero attached hydrogens (tertiary/aromatic N) is 5. The molecule has 3 aromatic carbocycles. The molecule has 63 heavy (non-hydrogen) atoms. The van der Waals surface area contributed by atoms with Crippen LogP contribution in [0.3, 0.4) is 0 Å². The highest BCUT2D eigenvalue weighted by atomic mass is 16.5. The first-order valence-corrected chi connectivity index (χ1v) is 21.6. The number of nitrogens with one attached hydrogen (secondary N) is 3. The first-order chi connectivity index (χ1) is 30.3. The van der Waals surface area contributed by atoms with Crippen LogP contribution in [0.15, 0.2) is 48.7 Å². The standard InChI is InChI=1S/C46H56N8O9/c1-9-29-13-17-36(54(29)43(55)38(24(3)60-6)51-45(57)62-8)42-48-33-15-12-26-19-32-30-14-11-27(18-28(30)22-63-37(32)20-31(26)39(33)50-42)34-21-47-41(49-34)35-16-10-23(2)53(35)44(56)40(25(4)61-7)52(5)46(58)59/h11-12,14-15,18-21,23-25,29,35-36,38,40H,9-10,13,16-17,22H2,1-8H3,(H,47,49)(H,48,50)(H,51,57)(H,58,59)/t23-,24?,25+,29-,35-,36-,38-,40-/m0/s1. The number of carboxylic acid groups (broad SMARTS) is 1. The van der Waals surface area contributed by atoms with Crippen molar-refractivity contribution in [1.82, 2.24) is 40.0 Å². The van der Waals surface area contributed by atoms with Gasteiger partial charge in [-0.05, 0) is 99.2 Å². The molecule has 4 amide bonds. The van der Waals surface area contributed by atoms with Crippen LogP contribution in [0.1, 0.15) is 89.1 Å². The number of imidazole rings is 2. The maximum atomic E-state index is 14.2. The van der Waals surface area contributed by atoms with E-state index >= 15 is 0 Å². The van der Waals surface area contributed by atoms with Crippen LogP contribution in [0.2, 0.25) is 0 Å². The summed E-state index contributed by atoms with van der Waals surface area (Å²) in [6, 6.07) is 11.7. The first-order valence-electron chi connectivity index (χ1n) is 21.6. The second-order valence-corrected chi connectivity index (χ2v) is 16.9. The smallest absolute Gasteiger partial charge is 0.407 e. The number of H-pyrrole nitrogens is 2. The van der Waals surface area contributed by atoms with Gasteiger partial charge in [-0.1, -0.05) is 25.1 Å². The molecule has 3 aliphatic rings. The molecule has 17 heteroatoms. The van der Waals surface area contributed by atoms with Gasteiger partial charge in [-0.15, -0.1) is 0 Å². The molecule has 2 saturated heterocycles. The molecule has 4 N–H and O–H groups in total. The number of amides is 4. The number of benzene rings is 3. The number of methoxy groups -OCH3 is 3. The van der Waals surface area contributed by atoms with Crippen LogP contribution in [0.4, 0.5) is 9.59 Å². The second kappa shape index (κ2) is 17.5. The lowest BCUT2D eigenvalue weighted by Gasteiger charge is -2.36. The number of carbonyl (C=O) groups excluding carboxylic acids is 3. The van der Waals surface area contributed by atoms with E-state index in [1.54, 1.807) is 24.9 Å². The summed E-state index contributed by atoms with van der Waals surface area (Å²) in [7, 11) is 5.63. The van der Waals surface area contributed by atoms with Crippen LogP contribution in [0, 0.1) is 0 Å². The van der Waals surface area contributed by atoms with Gasteiger partial charge in [0.2, 0.25) is 11.8 Å². The Bertz CT molecular complexity index is 2560. The van der Waals surface area contributed by atoms with Gasteiger partial charge in [0.15, 0.2) is 0 Å². The first kappa shape index (κ1) is 43.4. The van der Waals surface area contributed by atoms with E-state index in [-0.39, 0.29) is 36.0 Å². The Morgan fingerprint density at radius 1 is 0.921 bits per heavy atom. The molecule has 1 unspecified atom stereocenters. The lowest BCUT2D eigenvalue weighted by Crippen LogP contribution is -2.55. The number of aromatic nitrogens is 4. The fourth-order valence-corrected chi connectivity index (χ4v) is 9.74. The van der Waals surface area contributed by atoms with E-state index in [0.717, 1.165) is 79.7 Å². The Balaban J connectivity index is 1.06. The van der Waals surface area contributed by atoms with Gasteiger partial charge in [0, 0.05) is 44.3 Å². The van der Waals surface area contributed by atoms with E-state index in [1.165, 1.54) is 28.4 Å². The Hall–Kier alpha value is -6.20. The average Bonchev–Trinajstić information content (AvgIpc) is 4.12. The number of rotatable bonds is 12. The molecular formula is C46H56N8O9. The topological polar surface area (TPSA) is 205 Å². The quantitative estimate of drug-likeness (QED) is 0.101. The molecule has 0 radical (unpaired) electrons. The Labute approximate surface area is 365 Å². The highest BCUT2D eigenvalue weighted by molar-refractivity contribution is 6.07. The summed E-state index contributed by atoms with van der Waals surface area (Å²) in [4.78, 5) is 73.9. The van der Waals surface area contributed by atoms with Gasteiger partial charge in [0.1, 0.15) is 36.1 Å². The number of hydrogen-bond acceptors (Lipinski definition) is 10. The van der Waals surface area contributed by atoms with Crippen molar-refractivity contribution in [2.45, 2.75) is 115 Å². The Morgan fingerprint density at radius 3 is 2.38 bits per heavy atom. The van der Waals surface area contributed by atoms with Gasteiger partial charge in [-0.25, -0.2) is 19.6 Å². The summed E-state index contributed by atoms with van der Waals surface area (Å²) in [6.07, 6.45) is 2.32. The number of ether oxygens (including phenoxy) is 4. The van der Waals surface area contributed by atoms with Crippen LogP contribution in [0.5, 0.6) is 5.75 Å². The third-order valence-corrected chi connectivity index (χ3v) is 13.4. The fraction of sp³-hybridized carbons (Fsp3) is 0.478. The molecule has 2 fully saturated rings. The Morgan fingerprint density at radius 2 is 1.67 bits per heavy atom. The summed E-state index contributed by atoms with van der Waals surface area (Å²) >= 11 is 0. The van der Waals surface area contributed by atoms with Crippen molar-refractivity contribution in [3.05, 3.63) is 65.9 Å². The van der Waals surface area contributed by atoms with Gasteiger partial charge in [-0.2, -0.15) is 0 Å². The van der Waals surface area contributed by atoms with E-state index < -0.39 is 36.5 Å². The van der Waals surface area contributed by atoms with Gasteiger partial charge < -0.3 is 49.1 Å². The minimum absolute atomic E-state index is 0.0373. The van der Waals surface area contributed by atoms with Gasteiger partial charge >= 0.3 is 12.2 Å². The summed E-state index contributed by atoms with van der Waals surface area (Å²) < 4.78 is 22.2. The van der Waals surface area contributed by atoms with E-state index in [9.17, 15) is 24.3 Å². The zero-order chi connectivity index (χ0) is 44.9. The predicted octanol–water partition coefficient (Wildman–Crippen LogP) is 6.93. The minimum Gasteiger partial charge on any atom is -0.488 e. The van der Waals surface area contributed by atoms with Crippen molar-refractivity contribution in [1.29, 1.82) is 0 Å². The molecule has 0 saturated carbocycles. The van der Waals surface area contributed by atoms with E-state index in [4.69, 9.17) is 28.9 Å². The van der Waals surface area contributed by atoms with Crippen molar-refractivity contribution in [3.63, 3.8) is 0 Å². The van der Waals surface area contributed by atoms with Gasteiger partial charge in [0.05, 0.1) is 54.3 Å². The number of likely N-dealkylation sites (N-methyl/N-ethyl adjacent to an activating group) is 1. The summed E-state index contributed by atoms with van der Waals surface area (Å²) in [5, 5.41) is 14.4. The van der Waals surface area contributed by atoms with Crippen LogP contribution < -0.4 is 10.1 Å². The van der Waals surface area contributed by atoms with Gasteiger partial charge in [0.25, 0.3) is 0 Å². The molecule has 0 spiro atoms. The maximum absolute atomic E-state index is 14.2. The zero-order valence-electron chi connectivity index (χ0n) is 36.9. The minimum atomic E-state index is -1.20. The molecule has 3 aliphatic heterocycles. The van der Waals surface area contributed by atoms with Crippen molar-refractivity contribution in [2.75, 3.05) is 28.4 Å². The molecule has 8 atom stereocenters. The highest BCUT2D eigenvalue weighted by Gasteiger charge is 2.45. The van der Waals surface area contributed by atoms with E-state index in [1.807, 2.05) is 30.0 Å². The number of hydrogen-bond donors (Lipinski definition) is 4. The summed E-state index contributed by atoms with van der Waals surface area (Å²) in [5.74, 6) is 1.50. The molecule has 5 heterocycles. The van der Waals surface area contributed by atoms with Crippen LogP contribution in [-0.4, -0.2) is 128 Å². The summed E-state index contributed by atoms with van der Waals surface area (Å²) in [6.45, 7) is 7.82. The van der Waals surface area contributed by atoms with Crippen molar-refractivity contribution in [2.24, 2.45) is 0 Å². The second-order valence-electron chi connectivity index (χ2n) is 16.9. The molecular weight excluding hydrogens is 809 g/mol. The van der Waals surface area contributed by atoms with Crippen LogP contribution in [0.25, 0.3) is 44.2 Å². The largest absolute Gasteiger partial charge is 0.488 e. The Kier molecular flexibility index (Phi) is 12.1. The van der Waals surface area contributed by atoms with E-state index in [0.29, 0.717) is 31.1 Å². The number of likely N-dealkylation sites (tertiary alicyclic amines) is 2. The van der Waals surface area contributed by atoms with Crippen molar-refractivity contribution in [3.8, 4) is 28.1 Å².